The van der Waals surface area contributed by atoms with Crippen LogP contribution in [0.4, 0.5) is 11.5 Å². The van der Waals surface area contributed by atoms with Gasteiger partial charge in [-0.15, -0.1) is 0 Å². The van der Waals surface area contributed by atoms with Crippen LogP contribution in [-0.2, 0) is 6.54 Å². The lowest BCUT2D eigenvalue weighted by atomic mass is 10.2. The summed E-state index contributed by atoms with van der Waals surface area (Å²) in [4.78, 5) is 13.8. The van der Waals surface area contributed by atoms with Crippen molar-refractivity contribution in [3.05, 3.63) is 77.7 Å². The largest absolute Gasteiger partial charge is 0.368 e. The fourth-order valence-electron chi connectivity index (χ4n) is 3.85. The van der Waals surface area contributed by atoms with Crippen molar-refractivity contribution in [2.75, 3.05) is 36.0 Å². The number of benzene rings is 2. The van der Waals surface area contributed by atoms with Gasteiger partial charge in [0.05, 0.1) is 18.1 Å². The van der Waals surface area contributed by atoms with E-state index in [2.05, 4.69) is 43.1 Å². The molecule has 0 amide bonds. The van der Waals surface area contributed by atoms with E-state index in [1.165, 1.54) is 11.3 Å². The van der Waals surface area contributed by atoms with Crippen LogP contribution >= 0.6 is 11.6 Å². The highest BCUT2D eigenvalue weighted by Crippen LogP contribution is 2.26. The van der Waals surface area contributed by atoms with Crippen LogP contribution in [0.15, 0.2) is 67.1 Å². The molecule has 0 aliphatic carbocycles. The molecule has 1 saturated heterocycles. The van der Waals surface area contributed by atoms with Crippen LogP contribution in [0, 0.1) is 0 Å². The summed E-state index contributed by atoms with van der Waals surface area (Å²) in [5.74, 6) is 0.958. The van der Waals surface area contributed by atoms with E-state index < -0.39 is 0 Å². The molecule has 0 spiro atoms. The quantitative estimate of drug-likeness (QED) is 0.517. The van der Waals surface area contributed by atoms with Crippen molar-refractivity contribution in [3.63, 3.8) is 0 Å². The van der Waals surface area contributed by atoms with E-state index in [1.54, 1.807) is 6.33 Å². The monoisotopic (exact) mass is 404 g/mol. The van der Waals surface area contributed by atoms with Crippen molar-refractivity contribution in [3.8, 4) is 0 Å². The fraction of sp³-hybridized carbons (Fsp3) is 0.227. The van der Waals surface area contributed by atoms with E-state index in [1.807, 2.05) is 47.3 Å². The number of piperazine rings is 1. The second kappa shape index (κ2) is 7.72. The number of nitrogens with zero attached hydrogens (tertiary/aromatic N) is 6. The first-order chi connectivity index (χ1) is 14.3. The summed E-state index contributed by atoms with van der Waals surface area (Å²) in [6.07, 6.45) is 3.53. The van der Waals surface area contributed by atoms with Gasteiger partial charge in [-0.3, -0.25) is 0 Å². The molecule has 5 rings (SSSR count). The maximum Gasteiger partial charge on any atom is 0.163 e. The van der Waals surface area contributed by atoms with Crippen molar-refractivity contribution in [2.45, 2.75) is 6.54 Å². The minimum atomic E-state index is 0.698. The highest BCUT2D eigenvalue weighted by molar-refractivity contribution is 6.30. The first kappa shape index (κ1) is 17.9. The Morgan fingerprint density at radius 2 is 1.66 bits per heavy atom. The predicted octanol–water partition coefficient (Wildman–Crippen LogP) is 3.85. The second-order valence-corrected chi connectivity index (χ2v) is 7.61. The van der Waals surface area contributed by atoms with Gasteiger partial charge in [0.2, 0.25) is 0 Å². The Morgan fingerprint density at radius 1 is 0.862 bits per heavy atom. The van der Waals surface area contributed by atoms with Gasteiger partial charge in [-0.1, -0.05) is 48.0 Å². The van der Waals surface area contributed by atoms with Gasteiger partial charge in [-0.05, 0) is 23.8 Å². The summed E-state index contributed by atoms with van der Waals surface area (Å²) in [6.45, 7) is 4.32. The normalized spacial score (nSPS) is 14.5. The Balaban J connectivity index is 1.36. The number of rotatable bonds is 4. The first-order valence-electron chi connectivity index (χ1n) is 9.74. The van der Waals surface area contributed by atoms with Crippen LogP contribution in [0.1, 0.15) is 5.56 Å². The molecule has 6 nitrogen and oxygen atoms in total. The summed E-state index contributed by atoms with van der Waals surface area (Å²) in [7, 11) is 0. The predicted molar refractivity (Wildman–Crippen MR) is 117 cm³/mol. The molecule has 0 unspecified atom stereocenters. The third kappa shape index (κ3) is 3.63. The topological polar surface area (TPSA) is 50.1 Å². The van der Waals surface area contributed by atoms with Gasteiger partial charge in [-0.25, -0.2) is 14.6 Å². The smallest absolute Gasteiger partial charge is 0.163 e. The third-order valence-corrected chi connectivity index (χ3v) is 5.58. The summed E-state index contributed by atoms with van der Waals surface area (Å²) in [5, 5.41) is 6.35. The molecule has 146 valence electrons. The van der Waals surface area contributed by atoms with Gasteiger partial charge in [0.25, 0.3) is 0 Å². The average Bonchev–Trinajstić information content (AvgIpc) is 3.18. The number of hydrogen-bond donors (Lipinski definition) is 0. The van der Waals surface area contributed by atoms with Crippen LogP contribution in [0.5, 0.6) is 0 Å². The number of halogens is 1. The lowest BCUT2D eigenvalue weighted by Crippen LogP contribution is -2.46. The van der Waals surface area contributed by atoms with Crippen LogP contribution in [0.3, 0.4) is 0 Å². The molecule has 4 aromatic rings. The van der Waals surface area contributed by atoms with Gasteiger partial charge in [-0.2, -0.15) is 5.10 Å². The van der Waals surface area contributed by atoms with Gasteiger partial charge < -0.3 is 9.80 Å². The fourth-order valence-corrected chi connectivity index (χ4v) is 4.04. The van der Waals surface area contributed by atoms with E-state index in [0.717, 1.165) is 48.1 Å². The van der Waals surface area contributed by atoms with E-state index in [4.69, 9.17) is 11.6 Å². The van der Waals surface area contributed by atoms with Crippen LogP contribution in [-0.4, -0.2) is 45.9 Å². The molecule has 0 atom stereocenters. The molecule has 2 aromatic heterocycles. The second-order valence-electron chi connectivity index (χ2n) is 7.18. The van der Waals surface area contributed by atoms with Gasteiger partial charge in [0.15, 0.2) is 5.65 Å². The minimum absolute atomic E-state index is 0.698. The van der Waals surface area contributed by atoms with Gasteiger partial charge in [0, 0.05) is 36.9 Å². The van der Waals surface area contributed by atoms with Crippen LogP contribution < -0.4 is 9.80 Å². The number of aromatic nitrogens is 4. The van der Waals surface area contributed by atoms with E-state index in [9.17, 15) is 0 Å². The molecule has 0 saturated carbocycles. The molecule has 0 N–H and O–H groups in total. The maximum atomic E-state index is 6.15. The molecule has 2 aromatic carbocycles. The van der Waals surface area contributed by atoms with Crippen molar-refractivity contribution >= 4 is 34.1 Å². The summed E-state index contributed by atoms with van der Waals surface area (Å²) < 4.78 is 1.94. The van der Waals surface area contributed by atoms with Crippen molar-refractivity contribution in [1.82, 2.24) is 19.7 Å². The number of anilines is 2. The molecule has 0 radical (unpaired) electrons. The summed E-state index contributed by atoms with van der Waals surface area (Å²) in [6, 6.07) is 18.3. The Labute approximate surface area is 174 Å². The van der Waals surface area contributed by atoms with E-state index >= 15 is 0 Å². The van der Waals surface area contributed by atoms with Crippen LogP contribution in [0.2, 0.25) is 5.02 Å². The first-order valence-corrected chi connectivity index (χ1v) is 10.1. The average molecular weight is 405 g/mol. The molecular weight excluding hydrogens is 384 g/mol. The molecule has 1 aliphatic rings. The molecular formula is C22H21ClN6. The maximum absolute atomic E-state index is 6.15. The van der Waals surface area contributed by atoms with E-state index in [0.29, 0.717) is 6.54 Å². The Morgan fingerprint density at radius 3 is 2.45 bits per heavy atom. The summed E-state index contributed by atoms with van der Waals surface area (Å²) in [5.41, 5.74) is 3.24. The van der Waals surface area contributed by atoms with E-state index in [-0.39, 0.29) is 0 Å². The standard InChI is InChI=1S/C22H21ClN6/c23-18-7-4-8-19(13-18)27-9-11-28(12-10-27)21-20-14-26-29(22(20)25-16-24-21)15-17-5-2-1-3-6-17/h1-8,13-14,16H,9-12,15H2. The molecule has 1 fully saturated rings. The highest BCUT2D eigenvalue weighted by atomic mass is 35.5. The molecule has 0 bridgehead atoms. The molecule has 29 heavy (non-hydrogen) atoms. The zero-order chi connectivity index (χ0) is 19.6. The SMILES string of the molecule is Clc1cccc(N2CCN(c3ncnc4c3cnn4Cc3ccccc3)CC2)c1. The Hall–Kier alpha value is -3.12. The van der Waals surface area contributed by atoms with Gasteiger partial charge in [0.1, 0.15) is 12.1 Å². The number of hydrogen-bond acceptors (Lipinski definition) is 5. The van der Waals surface area contributed by atoms with Crippen molar-refractivity contribution in [1.29, 1.82) is 0 Å². The molecule has 3 heterocycles. The summed E-state index contributed by atoms with van der Waals surface area (Å²) >= 11 is 6.15. The Kier molecular flexibility index (Phi) is 4.77. The number of fused-ring (bicyclic) bond motifs is 1. The Bertz CT molecular complexity index is 1120. The third-order valence-electron chi connectivity index (χ3n) is 5.34. The zero-order valence-corrected chi connectivity index (χ0v) is 16.7. The molecule has 7 heteroatoms. The van der Waals surface area contributed by atoms with Gasteiger partial charge >= 0.3 is 0 Å². The lowest BCUT2D eigenvalue weighted by Gasteiger charge is -2.36. The van der Waals surface area contributed by atoms with Crippen molar-refractivity contribution < 1.29 is 0 Å². The van der Waals surface area contributed by atoms with Crippen LogP contribution in [0.25, 0.3) is 11.0 Å². The minimum Gasteiger partial charge on any atom is -0.368 e. The lowest BCUT2D eigenvalue weighted by molar-refractivity contribution is 0.648. The molecule has 1 aliphatic heterocycles. The highest BCUT2D eigenvalue weighted by Gasteiger charge is 2.21. The zero-order valence-electron chi connectivity index (χ0n) is 15.9. The van der Waals surface area contributed by atoms with Crippen molar-refractivity contribution in [2.24, 2.45) is 0 Å².